The van der Waals surface area contributed by atoms with E-state index in [1.165, 1.54) is 0 Å². The van der Waals surface area contributed by atoms with Crippen molar-refractivity contribution in [1.82, 2.24) is 0 Å². The predicted molar refractivity (Wildman–Crippen MR) is 68.9 cm³/mol. The van der Waals surface area contributed by atoms with E-state index < -0.39 is 36.6 Å². The predicted octanol–water partition coefficient (Wildman–Crippen LogP) is -13.5. The third-order valence-electron chi connectivity index (χ3n) is 0. The van der Waals surface area contributed by atoms with E-state index in [9.17, 15) is 0 Å². The van der Waals surface area contributed by atoms with Crippen molar-refractivity contribution in [1.29, 1.82) is 0 Å². The first-order valence-corrected chi connectivity index (χ1v) is 3.87. The van der Waals surface area contributed by atoms with Crippen molar-refractivity contribution in [2.45, 2.75) is 0 Å². The number of hydrogen-bond donors (Lipinski definition) is 15. The SMILES string of the molecule is OB(O)O.OB(O)O.OB(O)O.OB(O)O.OB(O)O.[H-].[K+].[K]. The Kier molecular flexibility index (Phi) is 79.2. The van der Waals surface area contributed by atoms with Gasteiger partial charge in [-0.2, -0.15) is 0 Å². The molecule has 0 aliphatic rings. The molecule has 15 nitrogen and oxygen atoms in total. The van der Waals surface area contributed by atoms with Gasteiger partial charge in [-0.3, -0.25) is 0 Å². The standard InChI is InChI=1S/5BH3O3.2K.H/c5*2-1(3)4;;;/h5*2-4H;;;/q;;;;;;+1;-1. The van der Waals surface area contributed by atoms with Crippen molar-refractivity contribution in [2.75, 3.05) is 0 Å². The van der Waals surface area contributed by atoms with Gasteiger partial charge in [0.15, 0.2) is 0 Å². The molecule has 0 amide bonds. The Bertz CT molecular complexity index is 90.4. The summed E-state index contributed by atoms with van der Waals surface area (Å²) in [5.41, 5.74) is 0. The molecule has 1 radical (unpaired) electrons. The summed E-state index contributed by atoms with van der Waals surface area (Å²) in [6.45, 7) is 0. The van der Waals surface area contributed by atoms with Crippen molar-refractivity contribution < 1.29 is 128 Å². The van der Waals surface area contributed by atoms with Gasteiger partial charge in [-0.15, -0.1) is 0 Å². The molecule has 22 heteroatoms. The van der Waals surface area contributed by atoms with Crippen molar-refractivity contribution in [3.05, 3.63) is 0 Å². The third kappa shape index (κ3) is 1240. The molecule has 0 aliphatic carbocycles. The van der Waals surface area contributed by atoms with Gasteiger partial charge in [0.05, 0.1) is 0 Å². The first kappa shape index (κ1) is 44.4. The van der Waals surface area contributed by atoms with E-state index in [0.29, 0.717) is 0 Å². The van der Waals surface area contributed by atoms with Gasteiger partial charge in [0, 0.05) is 51.4 Å². The first-order chi connectivity index (χ1) is 8.66. The van der Waals surface area contributed by atoms with Crippen molar-refractivity contribution in [3.8, 4) is 0 Å². The van der Waals surface area contributed by atoms with Crippen LogP contribution in [0, 0.1) is 0 Å². The van der Waals surface area contributed by atoms with Gasteiger partial charge in [0.25, 0.3) is 0 Å². The van der Waals surface area contributed by atoms with E-state index in [0.717, 1.165) is 0 Å². The van der Waals surface area contributed by atoms with Crippen LogP contribution >= 0.6 is 0 Å². The van der Waals surface area contributed by atoms with Gasteiger partial charge in [-0.1, -0.05) is 0 Å². The van der Waals surface area contributed by atoms with Crippen LogP contribution in [0.5, 0.6) is 0 Å². The van der Waals surface area contributed by atoms with E-state index in [2.05, 4.69) is 0 Å². The molecule has 0 bridgehead atoms. The summed E-state index contributed by atoms with van der Waals surface area (Å²) < 4.78 is 0. The van der Waals surface area contributed by atoms with Crippen LogP contribution in [0.15, 0.2) is 0 Å². The third-order valence-corrected chi connectivity index (χ3v) is 0. The second-order valence-corrected chi connectivity index (χ2v) is 1.73. The van der Waals surface area contributed by atoms with Gasteiger partial charge < -0.3 is 76.8 Å². The number of rotatable bonds is 0. The van der Waals surface area contributed by atoms with Crippen molar-refractivity contribution >= 4 is 88.0 Å². The average Bonchev–Trinajstić information content (AvgIpc) is 1.94. The van der Waals surface area contributed by atoms with Gasteiger partial charge in [-0.25, -0.2) is 0 Å². The minimum Gasteiger partial charge on any atom is -1.00 e. The summed E-state index contributed by atoms with van der Waals surface area (Å²) in [5, 5.41) is 108. The summed E-state index contributed by atoms with van der Waals surface area (Å²) in [5.74, 6) is 0. The molecule has 0 aliphatic heterocycles. The maximum atomic E-state index is 7.17. The van der Waals surface area contributed by atoms with E-state index in [-0.39, 0.29) is 104 Å². The Hall–Kier alpha value is 3.00. The molecule has 0 spiro atoms. The topological polar surface area (TPSA) is 303 Å². The Morgan fingerprint density at radius 2 is 0.318 bits per heavy atom. The Morgan fingerprint density at radius 3 is 0.318 bits per heavy atom. The summed E-state index contributed by atoms with van der Waals surface area (Å²) in [7, 11) is -10.8. The quantitative estimate of drug-likeness (QED) is 0.171. The monoisotopic (exact) mass is 389 g/mol. The fourth-order valence-corrected chi connectivity index (χ4v) is 0. The molecule has 0 fully saturated rings. The van der Waals surface area contributed by atoms with Crippen LogP contribution in [0.2, 0.25) is 0 Å². The molecule has 0 aromatic carbocycles. The molecule has 0 rings (SSSR count). The van der Waals surface area contributed by atoms with Gasteiger partial charge in [-0.05, 0) is 0 Å². The molecule has 22 heavy (non-hydrogen) atoms. The normalized spacial score (nSPS) is 6.14. The summed E-state index contributed by atoms with van der Waals surface area (Å²) >= 11 is 0. The molecule has 0 aromatic heterocycles. The average molecular weight is 388 g/mol. The van der Waals surface area contributed by atoms with Crippen LogP contribution in [-0.4, -0.2) is 163 Å². The van der Waals surface area contributed by atoms with Crippen molar-refractivity contribution in [2.24, 2.45) is 0 Å². The van der Waals surface area contributed by atoms with Crippen LogP contribution < -0.4 is 51.4 Å². The van der Waals surface area contributed by atoms with Crippen LogP contribution in [0.25, 0.3) is 0 Å². The molecule has 0 unspecified atom stereocenters. The molecule has 15 N–H and O–H groups in total. The first-order valence-electron chi connectivity index (χ1n) is 3.87. The molecule has 123 valence electrons. The van der Waals surface area contributed by atoms with Crippen molar-refractivity contribution in [3.63, 3.8) is 0 Å². The second-order valence-electron chi connectivity index (χ2n) is 1.73. The fraction of sp³-hybridized carbons (Fsp3) is 0. The molecule has 0 atom stereocenters. The zero-order valence-corrected chi connectivity index (χ0v) is 17.8. The van der Waals surface area contributed by atoms with Gasteiger partial charge in [0.1, 0.15) is 0 Å². The largest absolute Gasteiger partial charge is 1.00 e. The van der Waals surface area contributed by atoms with E-state index in [4.69, 9.17) is 75.4 Å². The molecular formula is H16B5K2O15. The minimum absolute atomic E-state index is 0. The summed E-state index contributed by atoms with van der Waals surface area (Å²) in [6.07, 6.45) is 0. The molecular weight excluding hydrogens is 372 g/mol. The van der Waals surface area contributed by atoms with E-state index in [1.54, 1.807) is 0 Å². The van der Waals surface area contributed by atoms with E-state index in [1.807, 2.05) is 0 Å². The summed E-state index contributed by atoms with van der Waals surface area (Å²) in [4.78, 5) is 0. The van der Waals surface area contributed by atoms with Crippen LogP contribution in [0.1, 0.15) is 1.43 Å². The van der Waals surface area contributed by atoms with Gasteiger partial charge >= 0.3 is 88.0 Å². The molecule has 0 heterocycles. The Labute approximate surface area is 212 Å². The zero-order chi connectivity index (χ0) is 17.9. The van der Waals surface area contributed by atoms with Crippen LogP contribution in [0.4, 0.5) is 0 Å². The maximum Gasteiger partial charge on any atom is 1.00 e. The zero-order valence-electron chi connectivity index (χ0n) is 12.6. The second kappa shape index (κ2) is 39.2. The van der Waals surface area contributed by atoms with E-state index >= 15 is 0 Å². The number of hydrogen-bond acceptors (Lipinski definition) is 15. The Balaban J connectivity index is -0.0000000197. The fourth-order valence-electron chi connectivity index (χ4n) is 0. The van der Waals surface area contributed by atoms with Gasteiger partial charge in [0.2, 0.25) is 0 Å². The smallest absolute Gasteiger partial charge is 1.00 e. The van der Waals surface area contributed by atoms with Crippen LogP contribution in [-0.2, 0) is 0 Å². The summed E-state index contributed by atoms with van der Waals surface area (Å²) in [6, 6.07) is 0. The minimum atomic E-state index is -2.17. The molecule has 0 saturated carbocycles. The Morgan fingerprint density at radius 1 is 0.318 bits per heavy atom. The molecule has 0 saturated heterocycles. The maximum absolute atomic E-state index is 7.17. The van der Waals surface area contributed by atoms with Crippen LogP contribution in [0.3, 0.4) is 0 Å². The molecule has 0 aromatic rings.